The number of carbonyl (C=O) groups is 1. The molecule has 0 radical (unpaired) electrons. The molecular formula is C87H159NO13. The van der Waals surface area contributed by atoms with Gasteiger partial charge in [0, 0.05) is 6.42 Å². The molecule has 14 heteroatoms. The average molecular weight is 1430 g/mol. The molecule has 590 valence electrons. The summed E-state index contributed by atoms with van der Waals surface area (Å²) in [5.74, 6) is -0.232. The van der Waals surface area contributed by atoms with Gasteiger partial charge in [-0.3, -0.25) is 4.79 Å². The minimum atomic E-state index is -1.79. The minimum absolute atomic E-state index is 0.232. The molecule has 2 aliphatic rings. The van der Waals surface area contributed by atoms with E-state index in [0.29, 0.717) is 6.42 Å². The summed E-state index contributed by atoms with van der Waals surface area (Å²) in [7, 11) is 0. The lowest BCUT2D eigenvalue weighted by atomic mass is 9.97. The molecule has 12 unspecified atom stereocenters. The average Bonchev–Trinajstić information content (AvgIpc) is 0.790. The van der Waals surface area contributed by atoms with Crippen molar-refractivity contribution in [1.29, 1.82) is 0 Å². The van der Waals surface area contributed by atoms with Crippen LogP contribution in [0.2, 0.25) is 0 Å². The second-order valence-electron chi connectivity index (χ2n) is 29.9. The monoisotopic (exact) mass is 1430 g/mol. The Balaban J connectivity index is 1.57. The zero-order valence-electron chi connectivity index (χ0n) is 64.9. The summed E-state index contributed by atoms with van der Waals surface area (Å²) in [5, 5.41) is 87.8. The van der Waals surface area contributed by atoms with Crippen LogP contribution in [0, 0.1) is 0 Å². The van der Waals surface area contributed by atoms with Crippen molar-refractivity contribution in [3.05, 3.63) is 72.9 Å². The maximum absolute atomic E-state index is 13.4. The number of unbranched alkanes of at least 4 members (excludes halogenated alkanes) is 49. The summed E-state index contributed by atoms with van der Waals surface area (Å²) >= 11 is 0. The number of rotatable bonds is 72. The third-order valence-electron chi connectivity index (χ3n) is 20.6. The van der Waals surface area contributed by atoms with Gasteiger partial charge in [-0.1, -0.05) is 382 Å². The molecule has 2 aliphatic heterocycles. The van der Waals surface area contributed by atoms with Crippen molar-refractivity contribution in [3.8, 4) is 0 Å². The van der Waals surface area contributed by atoms with Gasteiger partial charge in [-0.15, -0.1) is 0 Å². The predicted molar refractivity (Wildman–Crippen MR) is 420 cm³/mol. The SMILES string of the molecule is CC/C=C\C/C=C\C/C=C\C/C=C\C/C=C\CCCCCCCCCCCCCCCCCCCCCCCCCC(=O)NC(COC1OC(CO)C(OC2OC(CO)C(O)C(O)C2O)C(O)C1O)C(O)/C=C/CCCCCCCCCCCCCCCCCCCCCCCCCCCC. The number of hydrogen-bond donors (Lipinski definition) is 9. The lowest BCUT2D eigenvalue weighted by Crippen LogP contribution is -2.65. The van der Waals surface area contributed by atoms with E-state index in [4.69, 9.17) is 18.9 Å². The van der Waals surface area contributed by atoms with Crippen LogP contribution in [0.4, 0.5) is 0 Å². The highest BCUT2D eigenvalue weighted by Crippen LogP contribution is 2.30. The van der Waals surface area contributed by atoms with Crippen molar-refractivity contribution in [2.45, 2.75) is 453 Å². The number of aliphatic hydroxyl groups is 8. The predicted octanol–water partition coefficient (Wildman–Crippen LogP) is 20.1. The Bertz CT molecular complexity index is 1980. The van der Waals surface area contributed by atoms with Crippen molar-refractivity contribution in [2.24, 2.45) is 0 Å². The van der Waals surface area contributed by atoms with Gasteiger partial charge in [-0.05, 0) is 64.2 Å². The zero-order valence-corrected chi connectivity index (χ0v) is 64.9. The van der Waals surface area contributed by atoms with Gasteiger partial charge in [-0.2, -0.15) is 0 Å². The van der Waals surface area contributed by atoms with Gasteiger partial charge < -0.3 is 65.1 Å². The van der Waals surface area contributed by atoms with Crippen LogP contribution < -0.4 is 5.32 Å². The van der Waals surface area contributed by atoms with Crippen LogP contribution in [-0.4, -0.2) is 140 Å². The summed E-state index contributed by atoms with van der Waals surface area (Å²) in [4.78, 5) is 13.4. The summed E-state index contributed by atoms with van der Waals surface area (Å²) < 4.78 is 22.9. The van der Waals surface area contributed by atoms with E-state index < -0.39 is 86.8 Å². The molecule has 9 N–H and O–H groups in total. The van der Waals surface area contributed by atoms with Gasteiger partial charge in [0.25, 0.3) is 0 Å². The molecule has 0 aromatic rings. The Labute approximate surface area is 618 Å². The molecular weight excluding hydrogens is 1270 g/mol. The van der Waals surface area contributed by atoms with Crippen LogP contribution in [0.15, 0.2) is 72.9 Å². The van der Waals surface area contributed by atoms with E-state index in [1.807, 2.05) is 6.08 Å². The first kappa shape index (κ1) is 94.5. The van der Waals surface area contributed by atoms with Gasteiger partial charge in [0.05, 0.1) is 32.0 Å². The lowest BCUT2D eigenvalue weighted by molar-refractivity contribution is -0.359. The van der Waals surface area contributed by atoms with Crippen molar-refractivity contribution in [2.75, 3.05) is 19.8 Å². The van der Waals surface area contributed by atoms with Crippen LogP contribution in [0.1, 0.15) is 380 Å². The fourth-order valence-corrected chi connectivity index (χ4v) is 14.0. The van der Waals surface area contributed by atoms with E-state index >= 15 is 0 Å². The molecule has 101 heavy (non-hydrogen) atoms. The van der Waals surface area contributed by atoms with Gasteiger partial charge >= 0.3 is 0 Å². The number of amides is 1. The molecule has 2 fully saturated rings. The highest BCUT2D eigenvalue weighted by Gasteiger charge is 2.51. The number of allylic oxidation sites excluding steroid dienone is 11. The molecule has 1 amide bonds. The Morgan fingerprint density at radius 3 is 1.05 bits per heavy atom. The fraction of sp³-hybridized carbons (Fsp3) is 0.851. The molecule has 0 aromatic heterocycles. The summed E-state index contributed by atoms with van der Waals surface area (Å²) in [6.07, 6.45) is 81.4. The lowest BCUT2D eigenvalue weighted by Gasteiger charge is -2.46. The highest BCUT2D eigenvalue weighted by molar-refractivity contribution is 5.76. The highest BCUT2D eigenvalue weighted by atomic mass is 16.7. The molecule has 0 aliphatic carbocycles. The Kier molecular flexibility index (Phi) is 65.9. The summed E-state index contributed by atoms with van der Waals surface area (Å²) in [6, 6.07) is -0.917. The standard InChI is InChI=1S/C87H159NO13/c1-3-5-7-9-11-13-15-17-19-21-23-25-27-29-31-33-34-35-36-37-38-39-40-41-42-43-45-47-49-51-53-55-57-59-61-63-65-67-69-71-79(92)88-75(74-98-86-84(97)82(95)85(78(73-90)100-86)101-87-83(96)81(94)80(93)77(72-89)99-87)76(91)70-68-66-64-62-60-58-56-54-52-50-48-46-44-32-30-28-26-24-22-20-18-16-14-12-10-8-6-4-2/h5,7,11,13,17,19,23,25,29,31,68,70,75-78,80-87,89-91,93-97H,3-4,6,8-10,12,14-16,18,20-22,24,26-28,30,32-67,69,71-74H2,1-2H3,(H,88,92)/b7-5-,13-11-,19-17-,25-23-,31-29-,70-68+. The molecule has 0 bridgehead atoms. The van der Waals surface area contributed by atoms with Crippen LogP contribution in [0.25, 0.3) is 0 Å². The molecule has 2 rings (SSSR count). The first-order valence-electron chi connectivity index (χ1n) is 42.7. The van der Waals surface area contributed by atoms with E-state index in [1.165, 1.54) is 283 Å². The van der Waals surface area contributed by atoms with Gasteiger partial charge in [0.15, 0.2) is 12.6 Å². The fourth-order valence-electron chi connectivity index (χ4n) is 14.0. The second-order valence-corrected chi connectivity index (χ2v) is 29.9. The first-order chi connectivity index (χ1) is 49.6. The number of aliphatic hydroxyl groups excluding tert-OH is 8. The number of nitrogens with one attached hydrogen (secondary N) is 1. The van der Waals surface area contributed by atoms with E-state index in [0.717, 1.165) is 70.6 Å². The van der Waals surface area contributed by atoms with E-state index in [9.17, 15) is 45.6 Å². The molecule has 0 aromatic carbocycles. The van der Waals surface area contributed by atoms with Crippen LogP contribution in [0.3, 0.4) is 0 Å². The van der Waals surface area contributed by atoms with Crippen molar-refractivity contribution in [1.82, 2.24) is 5.32 Å². The third kappa shape index (κ3) is 53.0. The number of ether oxygens (including phenoxy) is 4. The molecule has 0 saturated carbocycles. The molecule has 12 atom stereocenters. The van der Waals surface area contributed by atoms with Crippen LogP contribution in [0.5, 0.6) is 0 Å². The Hall–Kier alpha value is -2.57. The van der Waals surface area contributed by atoms with Crippen LogP contribution >= 0.6 is 0 Å². The summed E-state index contributed by atoms with van der Waals surface area (Å²) in [6.45, 7) is 2.75. The van der Waals surface area contributed by atoms with Crippen molar-refractivity contribution < 1.29 is 64.6 Å². The Morgan fingerprint density at radius 1 is 0.366 bits per heavy atom. The second kappa shape index (κ2) is 70.4. The van der Waals surface area contributed by atoms with E-state index in [1.54, 1.807) is 6.08 Å². The van der Waals surface area contributed by atoms with E-state index in [2.05, 4.69) is 79.9 Å². The van der Waals surface area contributed by atoms with Crippen LogP contribution in [-0.2, 0) is 23.7 Å². The van der Waals surface area contributed by atoms with Crippen molar-refractivity contribution in [3.63, 3.8) is 0 Å². The van der Waals surface area contributed by atoms with Crippen molar-refractivity contribution >= 4 is 5.91 Å². The maximum Gasteiger partial charge on any atom is 0.220 e. The Morgan fingerprint density at radius 2 is 0.683 bits per heavy atom. The zero-order chi connectivity index (χ0) is 73.0. The quantitative estimate of drug-likeness (QED) is 0.0204. The normalized spacial score (nSPS) is 22.1. The molecule has 0 spiro atoms. The van der Waals surface area contributed by atoms with E-state index in [-0.39, 0.29) is 18.9 Å². The minimum Gasteiger partial charge on any atom is -0.394 e. The summed E-state index contributed by atoms with van der Waals surface area (Å²) in [5.41, 5.74) is 0. The number of hydrogen-bond acceptors (Lipinski definition) is 13. The largest absolute Gasteiger partial charge is 0.394 e. The van der Waals surface area contributed by atoms with Gasteiger partial charge in [0.2, 0.25) is 5.91 Å². The maximum atomic E-state index is 13.4. The smallest absolute Gasteiger partial charge is 0.220 e. The molecule has 2 saturated heterocycles. The first-order valence-corrected chi connectivity index (χ1v) is 42.7. The van der Waals surface area contributed by atoms with Gasteiger partial charge in [-0.25, -0.2) is 0 Å². The van der Waals surface area contributed by atoms with Gasteiger partial charge in [0.1, 0.15) is 48.8 Å². The number of carbonyl (C=O) groups excluding carboxylic acids is 1. The molecule has 2 heterocycles. The topological polar surface area (TPSA) is 228 Å². The third-order valence-corrected chi connectivity index (χ3v) is 20.6. The molecule has 14 nitrogen and oxygen atoms in total.